The van der Waals surface area contributed by atoms with Crippen LogP contribution in [0.5, 0.6) is 11.5 Å². The van der Waals surface area contributed by atoms with Gasteiger partial charge in [0.1, 0.15) is 11.5 Å². The minimum Gasteiger partial charge on any atom is -0.497 e. The van der Waals surface area contributed by atoms with Gasteiger partial charge in [0.25, 0.3) is 0 Å². The van der Waals surface area contributed by atoms with Crippen LogP contribution in [0.15, 0.2) is 23.1 Å². The second kappa shape index (κ2) is 5.62. The number of carbonyl (C=O) groups is 1. The van der Waals surface area contributed by atoms with Gasteiger partial charge in [0.05, 0.1) is 19.1 Å². The summed E-state index contributed by atoms with van der Waals surface area (Å²) in [6, 6.07) is 5.12. The largest absolute Gasteiger partial charge is 0.497 e. The zero-order chi connectivity index (χ0) is 12.1. The number of hydrogen-bond donors (Lipinski definition) is 2. The molecule has 1 rings (SSSR count). The zero-order valence-corrected chi connectivity index (χ0v) is 9.78. The number of thioether (sulfide) groups is 1. The Hall–Kier alpha value is -1.40. The summed E-state index contributed by atoms with van der Waals surface area (Å²) in [4.78, 5) is 11.3. The van der Waals surface area contributed by atoms with Gasteiger partial charge in [-0.15, -0.1) is 0 Å². The Morgan fingerprint density at radius 1 is 1.44 bits per heavy atom. The van der Waals surface area contributed by atoms with E-state index in [9.17, 15) is 4.79 Å². The molecule has 88 valence electrons. The fraction of sp³-hybridized carbons (Fsp3) is 0.300. The van der Waals surface area contributed by atoms with E-state index in [4.69, 9.17) is 20.3 Å². The molecular formula is C10H13NO4S. The number of carboxylic acids is 1. The van der Waals surface area contributed by atoms with Gasteiger partial charge >= 0.3 is 5.97 Å². The van der Waals surface area contributed by atoms with Crippen molar-refractivity contribution >= 4 is 17.7 Å². The second-order valence-electron chi connectivity index (χ2n) is 2.89. The van der Waals surface area contributed by atoms with E-state index in [-0.39, 0.29) is 0 Å². The minimum atomic E-state index is -1.07. The molecule has 6 heteroatoms. The molecule has 1 aromatic rings. The van der Waals surface area contributed by atoms with Crippen molar-refractivity contribution in [3.05, 3.63) is 18.2 Å². The van der Waals surface area contributed by atoms with Gasteiger partial charge in [-0.2, -0.15) is 0 Å². The fourth-order valence-electron chi connectivity index (χ4n) is 1.06. The van der Waals surface area contributed by atoms with Gasteiger partial charge in [0.2, 0.25) is 0 Å². The third-order valence-electron chi connectivity index (χ3n) is 1.87. The monoisotopic (exact) mass is 243 g/mol. The first-order valence-electron chi connectivity index (χ1n) is 4.45. The molecule has 0 aliphatic rings. The molecule has 1 aromatic carbocycles. The van der Waals surface area contributed by atoms with E-state index in [0.29, 0.717) is 16.4 Å². The summed E-state index contributed by atoms with van der Waals surface area (Å²) in [5, 5.41) is 7.69. The number of rotatable bonds is 5. The highest BCUT2D eigenvalue weighted by Gasteiger charge is 2.16. The molecule has 0 heterocycles. The molecule has 0 spiro atoms. The first-order valence-corrected chi connectivity index (χ1v) is 5.33. The number of ether oxygens (including phenoxy) is 2. The van der Waals surface area contributed by atoms with E-state index in [1.165, 1.54) is 14.2 Å². The van der Waals surface area contributed by atoms with E-state index in [2.05, 4.69) is 0 Å². The quantitative estimate of drug-likeness (QED) is 0.596. The van der Waals surface area contributed by atoms with E-state index in [1.807, 2.05) is 0 Å². The molecule has 3 N–H and O–H groups in total. The SMILES string of the molecule is COc1ccc(OC)c(SC(N)C(=O)O)c1. The second-order valence-corrected chi connectivity index (χ2v) is 4.08. The number of hydrogen-bond acceptors (Lipinski definition) is 5. The lowest BCUT2D eigenvalue weighted by molar-refractivity contribution is -0.136. The molecule has 0 aliphatic carbocycles. The maximum absolute atomic E-state index is 10.6. The first-order chi connectivity index (χ1) is 7.58. The Balaban J connectivity index is 2.95. The maximum atomic E-state index is 10.6. The van der Waals surface area contributed by atoms with E-state index < -0.39 is 11.3 Å². The van der Waals surface area contributed by atoms with Crippen LogP contribution in [-0.2, 0) is 4.79 Å². The van der Waals surface area contributed by atoms with E-state index in [0.717, 1.165) is 11.8 Å². The number of benzene rings is 1. The zero-order valence-electron chi connectivity index (χ0n) is 8.97. The van der Waals surface area contributed by atoms with Crippen LogP contribution in [-0.4, -0.2) is 30.7 Å². The number of carboxylic acid groups (broad SMARTS) is 1. The molecule has 0 bridgehead atoms. The van der Waals surface area contributed by atoms with Gasteiger partial charge in [-0.25, -0.2) is 4.79 Å². The van der Waals surface area contributed by atoms with Crippen molar-refractivity contribution < 1.29 is 19.4 Å². The van der Waals surface area contributed by atoms with Gasteiger partial charge in [0, 0.05) is 0 Å². The van der Waals surface area contributed by atoms with Crippen LogP contribution in [0.2, 0.25) is 0 Å². The van der Waals surface area contributed by atoms with Crippen LogP contribution < -0.4 is 15.2 Å². The fourth-order valence-corrected chi connectivity index (χ4v) is 1.89. The predicted molar refractivity (Wildman–Crippen MR) is 61.0 cm³/mol. The Morgan fingerprint density at radius 3 is 2.62 bits per heavy atom. The van der Waals surface area contributed by atoms with Crippen molar-refractivity contribution in [2.75, 3.05) is 14.2 Å². The van der Waals surface area contributed by atoms with E-state index in [1.54, 1.807) is 18.2 Å². The van der Waals surface area contributed by atoms with Gasteiger partial charge in [-0.3, -0.25) is 0 Å². The van der Waals surface area contributed by atoms with Crippen LogP contribution >= 0.6 is 11.8 Å². The summed E-state index contributed by atoms with van der Waals surface area (Å²) in [7, 11) is 3.05. The van der Waals surface area contributed by atoms with Crippen LogP contribution in [0, 0.1) is 0 Å². The summed E-state index contributed by atoms with van der Waals surface area (Å²) < 4.78 is 10.1. The lowest BCUT2D eigenvalue weighted by Crippen LogP contribution is -2.26. The van der Waals surface area contributed by atoms with Gasteiger partial charge in [-0.05, 0) is 18.2 Å². The van der Waals surface area contributed by atoms with Crippen LogP contribution in [0.4, 0.5) is 0 Å². The Kier molecular flexibility index (Phi) is 4.45. The number of methoxy groups -OCH3 is 2. The highest BCUT2D eigenvalue weighted by atomic mass is 32.2. The van der Waals surface area contributed by atoms with Gasteiger partial charge < -0.3 is 20.3 Å². The average molecular weight is 243 g/mol. The van der Waals surface area contributed by atoms with Crippen molar-refractivity contribution in [1.82, 2.24) is 0 Å². The highest BCUT2D eigenvalue weighted by Crippen LogP contribution is 2.33. The van der Waals surface area contributed by atoms with Crippen molar-refractivity contribution in [3.63, 3.8) is 0 Å². The summed E-state index contributed by atoms with van der Waals surface area (Å²) in [5.41, 5.74) is 5.43. The van der Waals surface area contributed by atoms with Crippen molar-refractivity contribution in [1.29, 1.82) is 0 Å². The Labute approximate surface area is 97.5 Å². The number of nitrogens with two attached hydrogens (primary N) is 1. The van der Waals surface area contributed by atoms with Crippen LogP contribution in [0.25, 0.3) is 0 Å². The Morgan fingerprint density at radius 2 is 2.12 bits per heavy atom. The first kappa shape index (κ1) is 12.7. The van der Waals surface area contributed by atoms with Crippen molar-refractivity contribution in [2.45, 2.75) is 10.3 Å². The lowest BCUT2D eigenvalue weighted by atomic mass is 10.3. The molecule has 1 atom stereocenters. The smallest absolute Gasteiger partial charge is 0.331 e. The normalized spacial score (nSPS) is 11.9. The lowest BCUT2D eigenvalue weighted by Gasteiger charge is -2.11. The molecule has 0 amide bonds. The summed E-state index contributed by atoms with van der Waals surface area (Å²) >= 11 is 1.01. The Bertz CT molecular complexity index is 383. The van der Waals surface area contributed by atoms with E-state index >= 15 is 0 Å². The molecular weight excluding hydrogens is 230 g/mol. The molecule has 0 aliphatic heterocycles. The molecule has 0 aromatic heterocycles. The summed E-state index contributed by atoms with van der Waals surface area (Å²) in [5.74, 6) is 0.123. The van der Waals surface area contributed by atoms with Gasteiger partial charge in [-0.1, -0.05) is 11.8 Å². The van der Waals surface area contributed by atoms with Crippen LogP contribution in [0.1, 0.15) is 0 Å². The molecule has 16 heavy (non-hydrogen) atoms. The highest BCUT2D eigenvalue weighted by molar-refractivity contribution is 8.00. The van der Waals surface area contributed by atoms with Crippen LogP contribution in [0.3, 0.4) is 0 Å². The molecule has 0 fully saturated rings. The standard InChI is InChI=1S/C10H13NO4S/c1-14-6-3-4-7(15-2)8(5-6)16-9(11)10(12)13/h3-5,9H,11H2,1-2H3,(H,12,13). The topological polar surface area (TPSA) is 81.8 Å². The molecule has 5 nitrogen and oxygen atoms in total. The molecule has 0 radical (unpaired) electrons. The third-order valence-corrected chi connectivity index (χ3v) is 2.90. The van der Waals surface area contributed by atoms with Gasteiger partial charge in [0.15, 0.2) is 5.37 Å². The minimum absolute atomic E-state index is 0.572. The average Bonchev–Trinajstić information content (AvgIpc) is 2.28. The predicted octanol–water partition coefficient (Wildman–Crippen LogP) is 1.17. The molecule has 1 unspecified atom stereocenters. The summed E-state index contributed by atoms with van der Waals surface area (Å²) in [6.07, 6.45) is 0. The summed E-state index contributed by atoms with van der Waals surface area (Å²) in [6.45, 7) is 0. The third kappa shape index (κ3) is 3.04. The number of aliphatic carboxylic acids is 1. The molecule has 0 saturated carbocycles. The van der Waals surface area contributed by atoms with Crippen molar-refractivity contribution in [2.24, 2.45) is 5.73 Å². The molecule has 0 saturated heterocycles. The van der Waals surface area contributed by atoms with Crippen molar-refractivity contribution in [3.8, 4) is 11.5 Å². The maximum Gasteiger partial charge on any atom is 0.331 e.